The van der Waals surface area contributed by atoms with Crippen molar-refractivity contribution in [2.75, 3.05) is 25.2 Å². The summed E-state index contributed by atoms with van der Waals surface area (Å²) in [5.74, 6) is 2.64. The van der Waals surface area contributed by atoms with Crippen molar-refractivity contribution in [2.24, 2.45) is 0 Å². The zero-order chi connectivity index (χ0) is 17.1. The standard InChI is InChI=1S/C19H19N3O3/c1-23-16-9-4-2-7-14(16)19-21-20-18(25-19)13-22-11-6-12-24-17-10-5-3-8-15(17)22/h2-5,7-10H,6,11-13H2,1H3. The Morgan fingerprint density at radius 3 is 2.84 bits per heavy atom. The lowest BCUT2D eigenvalue weighted by molar-refractivity contribution is 0.322. The normalized spacial score (nSPS) is 13.7. The Morgan fingerprint density at radius 2 is 1.92 bits per heavy atom. The van der Waals surface area contributed by atoms with E-state index in [0.29, 0.717) is 30.7 Å². The zero-order valence-corrected chi connectivity index (χ0v) is 14.0. The second-order valence-electron chi connectivity index (χ2n) is 5.79. The average Bonchev–Trinajstić information content (AvgIpc) is 3.03. The van der Waals surface area contributed by atoms with Gasteiger partial charge in [-0.25, -0.2) is 0 Å². The molecule has 1 aliphatic heterocycles. The van der Waals surface area contributed by atoms with Crippen LogP contribution >= 0.6 is 0 Å². The van der Waals surface area contributed by atoms with Crippen molar-refractivity contribution in [1.29, 1.82) is 0 Å². The highest BCUT2D eigenvalue weighted by atomic mass is 16.5. The lowest BCUT2D eigenvalue weighted by Crippen LogP contribution is -2.23. The number of anilines is 1. The van der Waals surface area contributed by atoms with E-state index in [9.17, 15) is 0 Å². The summed E-state index contributed by atoms with van der Waals surface area (Å²) >= 11 is 0. The molecule has 2 aromatic carbocycles. The summed E-state index contributed by atoms with van der Waals surface area (Å²) in [5.41, 5.74) is 1.85. The van der Waals surface area contributed by atoms with Crippen molar-refractivity contribution >= 4 is 5.69 Å². The summed E-state index contributed by atoms with van der Waals surface area (Å²) in [6, 6.07) is 15.6. The molecule has 4 rings (SSSR count). The average molecular weight is 337 g/mol. The van der Waals surface area contributed by atoms with E-state index >= 15 is 0 Å². The summed E-state index contributed by atoms with van der Waals surface area (Å²) in [4.78, 5) is 2.21. The lowest BCUT2D eigenvalue weighted by atomic mass is 10.2. The molecule has 6 heteroatoms. The molecule has 0 unspecified atom stereocenters. The van der Waals surface area contributed by atoms with Crippen LogP contribution in [0.25, 0.3) is 11.5 Å². The summed E-state index contributed by atoms with van der Waals surface area (Å²) in [5, 5.41) is 8.40. The predicted octanol–water partition coefficient (Wildman–Crippen LogP) is 3.53. The molecule has 0 amide bonds. The Labute approximate surface area is 146 Å². The predicted molar refractivity (Wildman–Crippen MR) is 93.9 cm³/mol. The van der Waals surface area contributed by atoms with E-state index in [-0.39, 0.29) is 0 Å². The van der Waals surface area contributed by atoms with Crippen molar-refractivity contribution in [3.05, 3.63) is 54.4 Å². The minimum absolute atomic E-state index is 0.465. The molecule has 3 aromatic rings. The summed E-state index contributed by atoms with van der Waals surface area (Å²) in [6.45, 7) is 2.13. The number of nitrogens with zero attached hydrogens (tertiary/aromatic N) is 3. The number of benzene rings is 2. The van der Waals surface area contributed by atoms with E-state index in [2.05, 4.69) is 21.2 Å². The van der Waals surface area contributed by atoms with Crippen molar-refractivity contribution in [1.82, 2.24) is 10.2 Å². The summed E-state index contributed by atoms with van der Waals surface area (Å²) < 4.78 is 17.0. The molecule has 6 nitrogen and oxygen atoms in total. The second kappa shape index (κ2) is 6.84. The van der Waals surface area contributed by atoms with Gasteiger partial charge in [0.05, 0.1) is 31.5 Å². The Balaban J connectivity index is 1.59. The fraction of sp³-hybridized carbons (Fsp3) is 0.263. The topological polar surface area (TPSA) is 60.6 Å². The first-order valence-electron chi connectivity index (χ1n) is 8.27. The highest BCUT2D eigenvalue weighted by Crippen LogP contribution is 2.32. The SMILES string of the molecule is COc1ccccc1-c1nnc(CN2CCCOc3ccccc32)o1. The Kier molecular flexibility index (Phi) is 4.24. The third kappa shape index (κ3) is 3.15. The van der Waals surface area contributed by atoms with Crippen LogP contribution in [0.15, 0.2) is 52.9 Å². The van der Waals surface area contributed by atoms with Gasteiger partial charge in [0.25, 0.3) is 5.89 Å². The fourth-order valence-corrected chi connectivity index (χ4v) is 2.97. The van der Waals surface area contributed by atoms with Crippen molar-refractivity contribution in [3.63, 3.8) is 0 Å². The molecule has 0 N–H and O–H groups in total. The van der Waals surface area contributed by atoms with Gasteiger partial charge in [-0.15, -0.1) is 10.2 Å². The number of hydrogen-bond donors (Lipinski definition) is 0. The molecule has 25 heavy (non-hydrogen) atoms. The highest BCUT2D eigenvalue weighted by Gasteiger charge is 2.19. The maximum Gasteiger partial charge on any atom is 0.251 e. The van der Waals surface area contributed by atoms with Crippen LogP contribution in [0.3, 0.4) is 0 Å². The van der Waals surface area contributed by atoms with E-state index in [1.807, 2.05) is 42.5 Å². The van der Waals surface area contributed by atoms with Gasteiger partial charge >= 0.3 is 0 Å². The van der Waals surface area contributed by atoms with E-state index in [1.165, 1.54) is 0 Å². The van der Waals surface area contributed by atoms with Crippen molar-refractivity contribution in [3.8, 4) is 23.0 Å². The van der Waals surface area contributed by atoms with Gasteiger partial charge in [0, 0.05) is 6.54 Å². The number of fused-ring (bicyclic) bond motifs is 1. The maximum atomic E-state index is 5.89. The van der Waals surface area contributed by atoms with Gasteiger partial charge < -0.3 is 18.8 Å². The minimum Gasteiger partial charge on any atom is -0.496 e. The van der Waals surface area contributed by atoms with Crippen LogP contribution < -0.4 is 14.4 Å². The first-order valence-corrected chi connectivity index (χ1v) is 8.27. The van der Waals surface area contributed by atoms with E-state index in [1.54, 1.807) is 7.11 Å². The van der Waals surface area contributed by atoms with Crippen LogP contribution in [0.1, 0.15) is 12.3 Å². The molecule has 0 atom stereocenters. The molecular formula is C19H19N3O3. The van der Waals surface area contributed by atoms with Crippen LogP contribution in [0.2, 0.25) is 0 Å². The van der Waals surface area contributed by atoms with Gasteiger partial charge in [-0.2, -0.15) is 0 Å². The second-order valence-corrected chi connectivity index (χ2v) is 5.79. The van der Waals surface area contributed by atoms with Crippen LogP contribution in [0.5, 0.6) is 11.5 Å². The van der Waals surface area contributed by atoms with Gasteiger partial charge in [0.15, 0.2) is 0 Å². The first kappa shape index (κ1) is 15.5. The molecule has 0 spiro atoms. The van der Waals surface area contributed by atoms with Gasteiger partial charge in [-0.05, 0) is 30.7 Å². The van der Waals surface area contributed by atoms with Crippen LogP contribution in [-0.4, -0.2) is 30.5 Å². The van der Waals surface area contributed by atoms with Gasteiger partial charge in [-0.1, -0.05) is 24.3 Å². The molecule has 0 fully saturated rings. The Hall–Kier alpha value is -3.02. The van der Waals surface area contributed by atoms with Gasteiger partial charge in [0.2, 0.25) is 5.89 Å². The largest absolute Gasteiger partial charge is 0.496 e. The smallest absolute Gasteiger partial charge is 0.251 e. The molecule has 1 aromatic heterocycles. The molecule has 2 heterocycles. The lowest BCUT2D eigenvalue weighted by Gasteiger charge is -2.21. The minimum atomic E-state index is 0.465. The molecule has 0 bridgehead atoms. The molecular weight excluding hydrogens is 318 g/mol. The molecule has 1 aliphatic rings. The molecule has 0 radical (unpaired) electrons. The van der Waals surface area contributed by atoms with Crippen molar-refractivity contribution < 1.29 is 13.9 Å². The number of para-hydroxylation sites is 3. The third-order valence-corrected chi connectivity index (χ3v) is 4.17. The first-order chi connectivity index (χ1) is 12.3. The quantitative estimate of drug-likeness (QED) is 0.726. The third-order valence-electron chi connectivity index (χ3n) is 4.17. The molecule has 0 saturated heterocycles. The fourth-order valence-electron chi connectivity index (χ4n) is 2.97. The van der Waals surface area contributed by atoms with E-state index in [4.69, 9.17) is 13.9 Å². The number of ether oxygens (including phenoxy) is 2. The van der Waals surface area contributed by atoms with Gasteiger partial charge in [-0.3, -0.25) is 0 Å². The summed E-state index contributed by atoms with van der Waals surface area (Å²) in [7, 11) is 1.63. The van der Waals surface area contributed by atoms with Crippen LogP contribution in [-0.2, 0) is 6.54 Å². The monoisotopic (exact) mass is 337 g/mol. The number of hydrogen-bond acceptors (Lipinski definition) is 6. The van der Waals surface area contributed by atoms with Crippen LogP contribution in [0.4, 0.5) is 5.69 Å². The molecule has 0 saturated carbocycles. The maximum absolute atomic E-state index is 5.89. The Morgan fingerprint density at radius 1 is 1.08 bits per heavy atom. The van der Waals surface area contributed by atoms with Gasteiger partial charge in [0.1, 0.15) is 11.5 Å². The van der Waals surface area contributed by atoms with E-state index in [0.717, 1.165) is 30.0 Å². The Bertz CT molecular complexity index is 862. The number of methoxy groups -OCH3 is 1. The number of rotatable bonds is 4. The zero-order valence-electron chi connectivity index (χ0n) is 14.0. The summed E-state index contributed by atoms with van der Waals surface area (Å²) in [6.07, 6.45) is 0.947. The molecule has 128 valence electrons. The molecule has 0 aliphatic carbocycles. The highest BCUT2D eigenvalue weighted by molar-refractivity contribution is 5.62. The van der Waals surface area contributed by atoms with Crippen LogP contribution in [0, 0.1) is 0 Å². The van der Waals surface area contributed by atoms with E-state index < -0.39 is 0 Å². The number of aromatic nitrogens is 2. The van der Waals surface area contributed by atoms with Crippen molar-refractivity contribution in [2.45, 2.75) is 13.0 Å².